The van der Waals surface area contributed by atoms with Crippen LogP contribution in [-0.4, -0.2) is 26.7 Å². The Morgan fingerprint density at radius 2 is 1.80 bits per heavy atom. The molecule has 0 aliphatic rings. The van der Waals surface area contributed by atoms with Crippen LogP contribution in [0.5, 0.6) is 5.75 Å². The molecule has 2 rings (SSSR count). The fraction of sp³-hybridized carbons (Fsp3) is 0.143. The second-order valence-electron chi connectivity index (χ2n) is 4.22. The molecule has 6 nitrogen and oxygen atoms in total. The van der Waals surface area contributed by atoms with Crippen LogP contribution in [0.4, 0.5) is 0 Å². The van der Waals surface area contributed by atoms with Crippen molar-refractivity contribution in [3.63, 3.8) is 0 Å². The minimum Gasteiger partial charge on any atom is -0.485 e. The van der Waals surface area contributed by atoms with Crippen molar-refractivity contribution in [3.8, 4) is 5.75 Å². The van der Waals surface area contributed by atoms with E-state index < -0.39 is 11.9 Å². The summed E-state index contributed by atoms with van der Waals surface area (Å²) in [5.74, 6) is -2.59. The molecule has 0 saturated carbocycles. The minimum absolute atomic E-state index is 0.103. The van der Waals surface area contributed by atoms with Gasteiger partial charge in [0.25, 0.3) is 0 Å². The highest BCUT2D eigenvalue weighted by atomic mass is 16.5. The van der Waals surface area contributed by atoms with Crippen molar-refractivity contribution in [2.24, 2.45) is 7.05 Å². The van der Waals surface area contributed by atoms with Crippen LogP contribution in [0.2, 0.25) is 0 Å². The van der Waals surface area contributed by atoms with Gasteiger partial charge in [0, 0.05) is 13.2 Å². The number of nitrogens with zero attached hydrogens (tertiary/aromatic N) is 1. The number of benzene rings is 1. The highest BCUT2D eigenvalue weighted by Crippen LogP contribution is 2.27. The Hall–Kier alpha value is -2.76. The average molecular weight is 275 g/mol. The molecule has 0 aliphatic heterocycles. The van der Waals surface area contributed by atoms with E-state index >= 15 is 0 Å². The molecule has 0 amide bonds. The quantitative estimate of drug-likeness (QED) is 0.871. The first-order valence-corrected chi connectivity index (χ1v) is 5.83. The lowest BCUT2D eigenvalue weighted by Crippen LogP contribution is -2.08. The summed E-state index contributed by atoms with van der Waals surface area (Å²) in [5, 5.41) is 18.2. The second-order valence-corrected chi connectivity index (χ2v) is 4.22. The summed E-state index contributed by atoms with van der Waals surface area (Å²) in [4.78, 5) is 22.3. The molecular weight excluding hydrogens is 262 g/mol. The van der Waals surface area contributed by atoms with Gasteiger partial charge in [-0.3, -0.25) is 0 Å². The molecule has 1 heterocycles. The highest BCUT2D eigenvalue weighted by molar-refractivity contribution is 5.98. The zero-order chi connectivity index (χ0) is 14.7. The molecule has 0 bridgehead atoms. The van der Waals surface area contributed by atoms with Crippen molar-refractivity contribution in [3.05, 3.63) is 53.3 Å². The first-order chi connectivity index (χ1) is 9.50. The minimum atomic E-state index is -1.23. The van der Waals surface area contributed by atoms with E-state index in [1.807, 2.05) is 30.3 Å². The smallest absolute Gasteiger partial charge is 0.356 e. The van der Waals surface area contributed by atoms with Crippen molar-refractivity contribution in [2.75, 3.05) is 0 Å². The summed E-state index contributed by atoms with van der Waals surface area (Å²) in [6.45, 7) is 0.103. The number of carboxylic acids is 2. The van der Waals surface area contributed by atoms with E-state index in [0.717, 1.165) is 5.56 Å². The van der Waals surface area contributed by atoms with Crippen molar-refractivity contribution in [1.29, 1.82) is 0 Å². The molecule has 0 saturated heterocycles. The lowest BCUT2D eigenvalue weighted by molar-refractivity contribution is 0.0681. The first-order valence-electron chi connectivity index (χ1n) is 5.83. The molecule has 104 valence electrons. The molecule has 0 radical (unpaired) electrons. The number of aryl methyl sites for hydroxylation is 1. The number of hydrogen-bond donors (Lipinski definition) is 2. The molecule has 0 spiro atoms. The zero-order valence-electron chi connectivity index (χ0n) is 10.7. The van der Waals surface area contributed by atoms with Gasteiger partial charge in [-0.1, -0.05) is 30.3 Å². The van der Waals surface area contributed by atoms with Gasteiger partial charge in [0.15, 0.2) is 11.4 Å². The predicted octanol–water partition coefficient (Wildman–Crippen LogP) is 2.00. The van der Waals surface area contributed by atoms with Crippen LogP contribution in [0.25, 0.3) is 0 Å². The third-order valence-electron chi connectivity index (χ3n) is 2.79. The van der Waals surface area contributed by atoms with Gasteiger partial charge < -0.3 is 19.5 Å². The Balaban J connectivity index is 2.34. The van der Waals surface area contributed by atoms with E-state index in [1.165, 1.54) is 17.8 Å². The van der Waals surface area contributed by atoms with Crippen molar-refractivity contribution >= 4 is 11.9 Å². The molecule has 0 atom stereocenters. The maximum Gasteiger partial charge on any atom is 0.356 e. The van der Waals surface area contributed by atoms with Crippen LogP contribution in [0.3, 0.4) is 0 Å². The second kappa shape index (κ2) is 5.48. The maximum absolute atomic E-state index is 11.2. The summed E-state index contributed by atoms with van der Waals surface area (Å²) in [6.07, 6.45) is 1.23. The van der Waals surface area contributed by atoms with E-state index in [2.05, 4.69) is 0 Å². The number of carboxylic acid groups (broad SMARTS) is 2. The van der Waals surface area contributed by atoms with E-state index in [9.17, 15) is 9.59 Å². The van der Waals surface area contributed by atoms with Crippen LogP contribution in [0.15, 0.2) is 36.5 Å². The molecule has 0 fully saturated rings. The van der Waals surface area contributed by atoms with Crippen LogP contribution in [0.1, 0.15) is 26.4 Å². The Bertz CT molecular complexity index is 645. The van der Waals surface area contributed by atoms with Gasteiger partial charge in [0.1, 0.15) is 12.2 Å². The molecule has 6 heteroatoms. The SMILES string of the molecule is Cn1cc(C(=O)O)c(OCc2ccccc2)c1C(=O)O. The molecular formula is C14H13NO5. The number of aromatic carboxylic acids is 2. The number of carbonyl (C=O) groups is 2. The fourth-order valence-electron chi connectivity index (χ4n) is 1.88. The van der Waals surface area contributed by atoms with Gasteiger partial charge >= 0.3 is 11.9 Å². The van der Waals surface area contributed by atoms with Gasteiger partial charge in [-0.25, -0.2) is 9.59 Å². The molecule has 1 aromatic heterocycles. The van der Waals surface area contributed by atoms with Crippen molar-refractivity contribution in [1.82, 2.24) is 4.57 Å². The monoisotopic (exact) mass is 275 g/mol. The number of ether oxygens (including phenoxy) is 1. The zero-order valence-corrected chi connectivity index (χ0v) is 10.7. The van der Waals surface area contributed by atoms with Gasteiger partial charge in [-0.2, -0.15) is 0 Å². The van der Waals surface area contributed by atoms with Crippen LogP contribution < -0.4 is 4.74 Å². The van der Waals surface area contributed by atoms with E-state index in [4.69, 9.17) is 14.9 Å². The van der Waals surface area contributed by atoms with Gasteiger partial charge in [-0.15, -0.1) is 0 Å². The fourth-order valence-corrected chi connectivity index (χ4v) is 1.88. The molecule has 0 unspecified atom stereocenters. The number of aromatic nitrogens is 1. The van der Waals surface area contributed by atoms with Crippen LogP contribution >= 0.6 is 0 Å². The Morgan fingerprint density at radius 3 is 2.35 bits per heavy atom. The average Bonchev–Trinajstić information content (AvgIpc) is 2.74. The lowest BCUT2D eigenvalue weighted by atomic mass is 10.2. The van der Waals surface area contributed by atoms with Gasteiger partial charge in [-0.05, 0) is 5.56 Å². The molecule has 20 heavy (non-hydrogen) atoms. The molecule has 1 aromatic carbocycles. The van der Waals surface area contributed by atoms with Crippen LogP contribution in [0, 0.1) is 0 Å². The summed E-state index contributed by atoms with van der Waals surface area (Å²) in [7, 11) is 1.46. The molecule has 2 N–H and O–H groups in total. The third kappa shape index (κ3) is 2.64. The summed E-state index contributed by atoms with van der Waals surface area (Å²) >= 11 is 0. The lowest BCUT2D eigenvalue weighted by Gasteiger charge is -2.07. The van der Waals surface area contributed by atoms with E-state index in [0.29, 0.717) is 0 Å². The van der Waals surface area contributed by atoms with Crippen LogP contribution in [-0.2, 0) is 13.7 Å². The first kappa shape index (κ1) is 13.7. The largest absolute Gasteiger partial charge is 0.485 e. The summed E-state index contributed by atoms with van der Waals surface area (Å²) < 4.78 is 6.64. The third-order valence-corrected chi connectivity index (χ3v) is 2.79. The number of hydrogen-bond acceptors (Lipinski definition) is 3. The topological polar surface area (TPSA) is 88.8 Å². The summed E-state index contributed by atoms with van der Waals surface area (Å²) in [6, 6.07) is 9.10. The molecule has 0 aliphatic carbocycles. The number of rotatable bonds is 5. The van der Waals surface area contributed by atoms with Gasteiger partial charge in [0.2, 0.25) is 0 Å². The standard InChI is InChI=1S/C14H13NO5/c1-15-7-10(13(16)17)12(11(15)14(18)19)20-8-9-5-3-2-4-6-9/h2-7H,8H2,1H3,(H,16,17)(H,18,19). The van der Waals surface area contributed by atoms with Crippen molar-refractivity contribution in [2.45, 2.75) is 6.61 Å². The van der Waals surface area contributed by atoms with Gasteiger partial charge in [0.05, 0.1) is 0 Å². The Labute approximate surface area is 114 Å². The van der Waals surface area contributed by atoms with E-state index in [1.54, 1.807) is 0 Å². The Morgan fingerprint density at radius 1 is 1.15 bits per heavy atom. The van der Waals surface area contributed by atoms with Crippen molar-refractivity contribution < 1.29 is 24.5 Å². The maximum atomic E-state index is 11.2. The molecule has 2 aromatic rings. The van der Waals surface area contributed by atoms with E-state index in [-0.39, 0.29) is 23.6 Å². The Kier molecular flexibility index (Phi) is 3.74. The normalized spacial score (nSPS) is 10.2. The predicted molar refractivity (Wildman–Crippen MR) is 70.1 cm³/mol. The summed E-state index contributed by atoms with van der Waals surface area (Å²) in [5.41, 5.74) is 0.475. The highest BCUT2D eigenvalue weighted by Gasteiger charge is 2.25.